The molecule has 0 amide bonds. The number of benzene rings is 1. The van der Waals surface area contributed by atoms with E-state index < -0.39 is 0 Å². The van der Waals surface area contributed by atoms with Crippen LogP contribution in [0.25, 0.3) is 22.3 Å². The number of anilines is 1. The number of nitriles is 1. The highest BCUT2D eigenvalue weighted by Gasteiger charge is 2.18. The summed E-state index contributed by atoms with van der Waals surface area (Å²) in [5.74, 6) is 1.87. The molecule has 3 aromatic rings. The van der Waals surface area contributed by atoms with E-state index in [4.69, 9.17) is 19.7 Å². The van der Waals surface area contributed by atoms with Crippen LogP contribution in [0, 0.1) is 11.3 Å². The van der Waals surface area contributed by atoms with Gasteiger partial charge in [0.1, 0.15) is 17.4 Å². The van der Waals surface area contributed by atoms with Gasteiger partial charge in [-0.05, 0) is 30.3 Å². The highest BCUT2D eigenvalue weighted by atomic mass is 16.5. The zero-order valence-corrected chi connectivity index (χ0v) is 16.1. The fourth-order valence-corrected chi connectivity index (χ4v) is 3.43. The topological polar surface area (TPSA) is 104 Å². The average Bonchev–Trinajstić information content (AvgIpc) is 2.78. The van der Waals surface area contributed by atoms with E-state index in [1.807, 2.05) is 30.3 Å². The first kappa shape index (κ1) is 19.1. The molecule has 1 aliphatic rings. The maximum atomic E-state index is 9.60. The van der Waals surface area contributed by atoms with Crippen LogP contribution in [0.4, 0.5) is 5.82 Å². The molecule has 0 unspecified atom stereocenters. The molecule has 1 N–H and O–H groups in total. The minimum Gasteiger partial charge on any atom is -0.496 e. The fraction of sp³-hybridized carbons (Fsp3) is 0.333. The molecule has 0 bridgehead atoms. The maximum Gasteiger partial charge on any atom is 0.165 e. The Labute approximate surface area is 168 Å². The Kier molecular flexibility index (Phi) is 5.51. The Bertz CT molecular complexity index is 1070. The summed E-state index contributed by atoms with van der Waals surface area (Å²) in [6, 6.07) is 11.6. The number of morpholine rings is 1. The van der Waals surface area contributed by atoms with E-state index in [0.717, 1.165) is 35.6 Å². The van der Waals surface area contributed by atoms with Crippen molar-refractivity contribution in [1.29, 1.82) is 5.26 Å². The third-order valence-corrected chi connectivity index (χ3v) is 4.88. The van der Waals surface area contributed by atoms with Gasteiger partial charge in [0, 0.05) is 24.2 Å². The molecule has 0 spiro atoms. The van der Waals surface area contributed by atoms with E-state index in [9.17, 15) is 5.11 Å². The van der Waals surface area contributed by atoms with E-state index in [1.165, 1.54) is 0 Å². The van der Waals surface area contributed by atoms with Crippen molar-refractivity contribution in [2.75, 3.05) is 38.3 Å². The van der Waals surface area contributed by atoms with E-state index in [1.54, 1.807) is 7.11 Å². The SMILES string of the molecule is COc1ccc(-c2ccc3c(N4CCOCC4)nc(CC#N)nc3n2)cc1CO. The van der Waals surface area contributed by atoms with Crippen LogP contribution in [-0.4, -0.2) is 53.5 Å². The van der Waals surface area contributed by atoms with Crippen molar-refractivity contribution in [2.24, 2.45) is 0 Å². The van der Waals surface area contributed by atoms with Gasteiger partial charge in [0.25, 0.3) is 0 Å². The molecule has 8 nitrogen and oxygen atoms in total. The minimum atomic E-state index is -0.125. The summed E-state index contributed by atoms with van der Waals surface area (Å²) in [5, 5.41) is 19.6. The normalized spacial score (nSPS) is 14.0. The number of aliphatic hydroxyl groups is 1. The standard InChI is InChI=1S/C21H21N5O3/c1-28-18-5-2-14(12-15(18)13-27)17-4-3-16-20(23-17)24-19(6-7-22)25-21(16)26-8-10-29-11-9-26/h2-5,12,27H,6,8-11,13H2,1H3. The van der Waals surface area contributed by atoms with E-state index in [2.05, 4.69) is 20.9 Å². The summed E-state index contributed by atoms with van der Waals surface area (Å²) in [7, 11) is 1.57. The lowest BCUT2D eigenvalue weighted by Crippen LogP contribution is -2.37. The lowest BCUT2D eigenvalue weighted by atomic mass is 10.1. The van der Waals surface area contributed by atoms with Crippen molar-refractivity contribution in [3.05, 3.63) is 41.7 Å². The first-order chi connectivity index (χ1) is 14.2. The average molecular weight is 391 g/mol. The first-order valence-electron chi connectivity index (χ1n) is 9.39. The summed E-state index contributed by atoms with van der Waals surface area (Å²) in [6.07, 6.45) is 0.121. The predicted molar refractivity (Wildman–Crippen MR) is 108 cm³/mol. The van der Waals surface area contributed by atoms with Crippen molar-refractivity contribution >= 4 is 16.9 Å². The molecule has 1 fully saturated rings. The molecule has 0 aliphatic carbocycles. The molecule has 1 aliphatic heterocycles. The molecule has 29 heavy (non-hydrogen) atoms. The minimum absolute atomic E-state index is 0.121. The summed E-state index contributed by atoms with van der Waals surface area (Å²) < 4.78 is 10.7. The van der Waals surface area contributed by atoms with E-state index >= 15 is 0 Å². The summed E-state index contributed by atoms with van der Waals surface area (Å²) in [5.41, 5.74) is 2.81. The highest BCUT2D eigenvalue weighted by molar-refractivity contribution is 5.89. The Hall–Kier alpha value is -3.28. The molecule has 4 rings (SSSR count). The number of nitrogens with zero attached hydrogens (tertiary/aromatic N) is 5. The van der Waals surface area contributed by atoms with Gasteiger partial charge >= 0.3 is 0 Å². The number of fused-ring (bicyclic) bond motifs is 1. The van der Waals surface area contributed by atoms with Crippen molar-refractivity contribution in [2.45, 2.75) is 13.0 Å². The Morgan fingerprint density at radius 2 is 2.00 bits per heavy atom. The zero-order valence-electron chi connectivity index (χ0n) is 16.1. The summed E-state index contributed by atoms with van der Waals surface area (Å²) in [6.45, 7) is 2.62. The molecular formula is C21H21N5O3. The molecule has 1 saturated heterocycles. The van der Waals surface area contributed by atoms with Crippen molar-refractivity contribution in [1.82, 2.24) is 15.0 Å². The van der Waals surface area contributed by atoms with Gasteiger partial charge in [0.15, 0.2) is 5.65 Å². The van der Waals surface area contributed by atoms with Crippen LogP contribution in [0.2, 0.25) is 0 Å². The van der Waals surface area contributed by atoms with Gasteiger partial charge in [-0.3, -0.25) is 0 Å². The lowest BCUT2D eigenvalue weighted by Gasteiger charge is -2.28. The fourth-order valence-electron chi connectivity index (χ4n) is 3.43. The van der Waals surface area contributed by atoms with Crippen LogP contribution >= 0.6 is 0 Å². The molecule has 1 aromatic carbocycles. The molecule has 2 aromatic heterocycles. The number of rotatable bonds is 5. The van der Waals surface area contributed by atoms with Gasteiger partial charge in [0.05, 0.1) is 50.5 Å². The van der Waals surface area contributed by atoms with Gasteiger partial charge < -0.3 is 19.5 Å². The third kappa shape index (κ3) is 3.83. The van der Waals surface area contributed by atoms with Crippen LogP contribution in [-0.2, 0) is 17.8 Å². The van der Waals surface area contributed by atoms with E-state index in [0.29, 0.717) is 36.0 Å². The maximum absolute atomic E-state index is 9.60. The van der Waals surface area contributed by atoms with Crippen molar-refractivity contribution < 1.29 is 14.6 Å². The predicted octanol–water partition coefficient (Wildman–Crippen LogP) is 2.10. The smallest absolute Gasteiger partial charge is 0.165 e. The Morgan fingerprint density at radius 1 is 1.17 bits per heavy atom. The van der Waals surface area contributed by atoms with Crippen LogP contribution in [0.1, 0.15) is 11.4 Å². The quantitative estimate of drug-likeness (QED) is 0.705. The molecule has 3 heterocycles. The van der Waals surface area contributed by atoms with Crippen LogP contribution in [0.3, 0.4) is 0 Å². The van der Waals surface area contributed by atoms with Gasteiger partial charge in [-0.15, -0.1) is 0 Å². The van der Waals surface area contributed by atoms with Gasteiger partial charge in [-0.2, -0.15) is 5.26 Å². The molecule has 8 heteroatoms. The monoisotopic (exact) mass is 391 g/mol. The van der Waals surface area contributed by atoms with Crippen molar-refractivity contribution in [3.63, 3.8) is 0 Å². The molecule has 0 saturated carbocycles. The number of ether oxygens (including phenoxy) is 2. The second kappa shape index (κ2) is 8.39. The Morgan fingerprint density at radius 3 is 2.72 bits per heavy atom. The second-order valence-electron chi connectivity index (χ2n) is 6.65. The summed E-state index contributed by atoms with van der Waals surface area (Å²) in [4.78, 5) is 16.0. The molecule has 0 radical (unpaired) electrons. The zero-order chi connectivity index (χ0) is 20.2. The number of hydrogen-bond acceptors (Lipinski definition) is 8. The first-order valence-corrected chi connectivity index (χ1v) is 9.39. The van der Waals surface area contributed by atoms with E-state index in [-0.39, 0.29) is 13.0 Å². The number of aromatic nitrogens is 3. The van der Waals surface area contributed by atoms with Crippen LogP contribution < -0.4 is 9.64 Å². The lowest BCUT2D eigenvalue weighted by molar-refractivity contribution is 0.122. The van der Waals surface area contributed by atoms with Gasteiger partial charge in [-0.1, -0.05) is 0 Å². The summed E-state index contributed by atoms with van der Waals surface area (Å²) >= 11 is 0. The van der Waals surface area contributed by atoms with Gasteiger partial charge in [0.2, 0.25) is 0 Å². The second-order valence-corrected chi connectivity index (χ2v) is 6.65. The van der Waals surface area contributed by atoms with Crippen LogP contribution in [0.5, 0.6) is 5.75 Å². The number of aliphatic hydroxyl groups excluding tert-OH is 1. The molecular weight excluding hydrogens is 370 g/mol. The largest absolute Gasteiger partial charge is 0.496 e. The molecule has 0 atom stereocenters. The van der Waals surface area contributed by atoms with Gasteiger partial charge in [-0.25, -0.2) is 15.0 Å². The molecule has 148 valence electrons. The number of pyridine rings is 1. The number of methoxy groups -OCH3 is 1. The van der Waals surface area contributed by atoms with Crippen LogP contribution in [0.15, 0.2) is 30.3 Å². The third-order valence-electron chi connectivity index (χ3n) is 4.88. The number of hydrogen-bond donors (Lipinski definition) is 1. The highest BCUT2D eigenvalue weighted by Crippen LogP contribution is 2.29. The Balaban J connectivity index is 1.81. The van der Waals surface area contributed by atoms with Crippen molar-refractivity contribution in [3.8, 4) is 23.1 Å².